The van der Waals surface area contributed by atoms with Gasteiger partial charge in [0.15, 0.2) is 0 Å². The first-order valence-electron chi connectivity index (χ1n) is 4.80. The van der Waals surface area contributed by atoms with Gasteiger partial charge >= 0.3 is 17.9 Å². The zero-order valence-corrected chi connectivity index (χ0v) is 10.1. The van der Waals surface area contributed by atoms with E-state index >= 15 is 0 Å². The number of nitrogens with zero attached hydrogens (tertiary/aromatic N) is 1. The second kappa shape index (κ2) is 5.76. The van der Waals surface area contributed by atoms with Crippen molar-refractivity contribution in [3.8, 4) is 0 Å². The number of carbonyl (C=O) groups excluding carboxylic acids is 3. The van der Waals surface area contributed by atoms with Gasteiger partial charge in [-0.25, -0.2) is 19.4 Å². The topological polar surface area (TPSA) is 91.8 Å². The number of carbonyl (C=O) groups is 3. The maximum Gasteiger partial charge on any atom is 0.356 e. The second-order valence-corrected chi connectivity index (χ2v) is 3.10. The molecular formula is C11H11NO6. The molecule has 0 bridgehead atoms. The summed E-state index contributed by atoms with van der Waals surface area (Å²) in [6.07, 6.45) is 0. The second-order valence-electron chi connectivity index (χ2n) is 3.10. The van der Waals surface area contributed by atoms with Crippen LogP contribution in [0, 0.1) is 0 Å². The zero-order chi connectivity index (χ0) is 13.7. The molecule has 1 heterocycles. The molecule has 96 valence electrons. The first-order valence-corrected chi connectivity index (χ1v) is 4.80. The summed E-state index contributed by atoms with van der Waals surface area (Å²) >= 11 is 0. The summed E-state index contributed by atoms with van der Waals surface area (Å²) < 4.78 is 13.4. The van der Waals surface area contributed by atoms with Crippen LogP contribution in [0.15, 0.2) is 12.1 Å². The minimum atomic E-state index is -0.772. The molecule has 1 rings (SSSR count). The Morgan fingerprint density at radius 2 is 1.22 bits per heavy atom. The number of pyridine rings is 1. The van der Waals surface area contributed by atoms with Crippen LogP contribution in [0.25, 0.3) is 0 Å². The molecule has 0 fully saturated rings. The van der Waals surface area contributed by atoms with Crippen molar-refractivity contribution in [3.05, 3.63) is 29.1 Å². The lowest BCUT2D eigenvalue weighted by atomic mass is 10.2. The fraction of sp³-hybridized carbons (Fsp3) is 0.273. The van der Waals surface area contributed by atoms with Crippen LogP contribution in [0.1, 0.15) is 31.3 Å². The highest BCUT2D eigenvalue weighted by Gasteiger charge is 2.18. The largest absolute Gasteiger partial charge is 0.465 e. The average molecular weight is 253 g/mol. The Morgan fingerprint density at radius 3 is 1.56 bits per heavy atom. The number of rotatable bonds is 3. The predicted octanol–water partition coefficient (Wildman–Crippen LogP) is 0.441. The summed E-state index contributed by atoms with van der Waals surface area (Å²) in [4.78, 5) is 37.8. The maximum atomic E-state index is 11.4. The summed E-state index contributed by atoms with van der Waals surface area (Å²) in [7, 11) is 3.50. The summed E-state index contributed by atoms with van der Waals surface area (Å²) in [5.74, 6) is -2.25. The zero-order valence-electron chi connectivity index (χ0n) is 10.1. The lowest BCUT2D eigenvalue weighted by Gasteiger charge is -2.05. The first-order chi connectivity index (χ1) is 8.53. The van der Waals surface area contributed by atoms with Crippen molar-refractivity contribution in [2.24, 2.45) is 0 Å². The number of aromatic nitrogens is 1. The molecule has 0 N–H and O–H groups in total. The minimum absolute atomic E-state index is 0.00769. The quantitative estimate of drug-likeness (QED) is 0.570. The van der Waals surface area contributed by atoms with Gasteiger partial charge in [0, 0.05) is 0 Å². The van der Waals surface area contributed by atoms with Gasteiger partial charge in [-0.3, -0.25) is 0 Å². The molecule has 0 saturated carbocycles. The van der Waals surface area contributed by atoms with Gasteiger partial charge in [0.2, 0.25) is 0 Å². The lowest BCUT2D eigenvalue weighted by molar-refractivity contribution is 0.0585. The average Bonchev–Trinajstić information content (AvgIpc) is 2.43. The van der Waals surface area contributed by atoms with E-state index in [4.69, 9.17) is 0 Å². The molecule has 0 aliphatic carbocycles. The molecule has 1 aromatic rings. The molecule has 0 radical (unpaired) electrons. The Labute approximate surface area is 103 Å². The van der Waals surface area contributed by atoms with Gasteiger partial charge < -0.3 is 14.2 Å². The molecule has 0 aliphatic rings. The third-order valence-corrected chi connectivity index (χ3v) is 2.04. The van der Waals surface area contributed by atoms with Crippen molar-refractivity contribution in [3.63, 3.8) is 0 Å². The summed E-state index contributed by atoms with van der Waals surface area (Å²) in [6.45, 7) is 0. The smallest absolute Gasteiger partial charge is 0.356 e. The summed E-state index contributed by atoms with van der Waals surface area (Å²) in [6, 6.07) is 2.34. The maximum absolute atomic E-state index is 11.4. The third kappa shape index (κ3) is 2.82. The van der Waals surface area contributed by atoms with Crippen LogP contribution in [0.3, 0.4) is 0 Å². The van der Waals surface area contributed by atoms with Crippen molar-refractivity contribution in [2.45, 2.75) is 0 Å². The van der Waals surface area contributed by atoms with E-state index in [1.54, 1.807) is 0 Å². The Morgan fingerprint density at radius 1 is 0.833 bits per heavy atom. The summed E-state index contributed by atoms with van der Waals surface area (Å²) in [5, 5.41) is 0. The van der Waals surface area contributed by atoms with E-state index in [1.807, 2.05) is 0 Å². The van der Waals surface area contributed by atoms with E-state index in [0.717, 1.165) is 14.2 Å². The van der Waals surface area contributed by atoms with E-state index in [1.165, 1.54) is 19.2 Å². The van der Waals surface area contributed by atoms with Gasteiger partial charge in [0.1, 0.15) is 11.4 Å². The highest BCUT2D eigenvalue weighted by atomic mass is 16.5. The molecule has 0 aliphatic heterocycles. The highest BCUT2D eigenvalue weighted by molar-refractivity contribution is 5.97. The van der Waals surface area contributed by atoms with Crippen LogP contribution in [-0.4, -0.2) is 44.2 Å². The highest BCUT2D eigenvalue weighted by Crippen LogP contribution is 2.10. The molecule has 7 nitrogen and oxygen atoms in total. The lowest BCUT2D eigenvalue weighted by Crippen LogP contribution is -2.14. The van der Waals surface area contributed by atoms with Crippen LogP contribution < -0.4 is 0 Å². The molecule has 0 aromatic carbocycles. The van der Waals surface area contributed by atoms with Crippen molar-refractivity contribution in [1.29, 1.82) is 0 Å². The number of esters is 3. The minimum Gasteiger partial charge on any atom is -0.465 e. The first kappa shape index (κ1) is 13.6. The molecule has 0 saturated heterocycles. The van der Waals surface area contributed by atoms with Crippen molar-refractivity contribution in [1.82, 2.24) is 4.98 Å². The van der Waals surface area contributed by atoms with Gasteiger partial charge in [-0.1, -0.05) is 0 Å². The van der Waals surface area contributed by atoms with E-state index in [-0.39, 0.29) is 17.0 Å². The molecule has 0 atom stereocenters. The monoisotopic (exact) mass is 253 g/mol. The molecule has 18 heavy (non-hydrogen) atoms. The molecule has 0 spiro atoms. The van der Waals surface area contributed by atoms with E-state index in [0.29, 0.717) is 0 Å². The summed E-state index contributed by atoms with van der Waals surface area (Å²) in [5.41, 5.74) is -0.352. The van der Waals surface area contributed by atoms with Gasteiger partial charge in [0.05, 0.1) is 26.9 Å². The van der Waals surface area contributed by atoms with Gasteiger partial charge in [-0.15, -0.1) is 0 Å². The fourth-order valence-electron chi connectivity index (χ4n) is 1.18. The van der Waals surface area contributed by atoms with Crippen LogP contribution in [0.4, 0.5) is 0 Å². The molecule has 7 heteroatoms. The van der Waals surface area contributed by atoms with Gasteiger partial charge in [-0.05, 0) is 12.1 Å². The van der Waals surface area contributed by atoms with E-state index in [2.05, 4.69) is 19.2 Å². The number of hydrogen-bond donors (Lipinski definition) is 0. The SMILES string of the molecule is COC(=O)c1cc(C(=O)OC)nc(C(=O)OC)c1. The van der Waals surface area contributed by atoms with Crippen LogP contribution in [0.2, 0.25) is 0 Å². The number of hydrogen-bond acceptors (Lipinski definition) is 7. The molecule has 0 amide bonds. The molecular weight excluding hydrogens is 242 g/mol. The van der Waals surface area contributed by atoms with Crippen LogP contribution in [-0.2, 0) is 14.2 Å². The van der Waals surface area contributed by atoms with Crippen LogP contribution >= 0.6 is 0 Å². The number of methoxy groups -OCH3 is 3. The van der Waals surface area contributed by atoms with Gasteiger partial charge in [0.25, 0.3) is 0 Å². The van der Waals surface area contributed by atoms with Crippen molar-refractivity contribution < 1.29 is 28.6 Å². The Kier molecular flexibility index (Phi) is 4.36. The van der Waals surface area contributed by atoms with Crippen molar-refractivity contribution >= 4 is 17.9 Å². The Balaban J connectivity index is 3.32. The Hall–Kier alpha value is -2.44. The predicted molar refractivity (Wildman–Crippen MR) is 58.3 cm³/mol. The van der Waals surface area contributed by atoms with E-state index in [9.17, 15) is 14.4 Å². The normalized spacial score (nSPS) is 9.50. The molecule has 0 unspecified atom stereocenters. The standard InChI is InChI=1S/C11H11NO6/c1-16-9(13)6-4-7(10(14)17-2)12-8(5-6)11(15)18-3/h4-5H,1-3H3. The fourth-order valence-corrected chi connectivity index (χ4v) is 1.18. The van der Waals surface area contributed by atoms with Crippen LogP contribution in [0.5, 0.6) is 0 Å². The number of ether oxygens (including phenoxy) is 3. The van der Waals surface area contributed by atoms with Crippen molar-refractivity contribution in [2.75, 3.05) is 21.3 Å². The third-order valence-electron chi connectivity index (χ3n) is 2.04. The van der Waals surface area contributed by atoms with E-state index < -0.39 is 17.9 Å². The Bertz CT molecular complexity index is 413. The van der Waals surface area contributed by atoms with Gasteiger partial charge in [-0.2, -0.15) is 0 Å². The molecule has 1 aromatic heterocycles.